The maximum absolute atomic E-state index is 11.3. The highest BCUT2D eigenvalue weighted by Crippen LogP contribution is 2.27. The molecule has 0 aromatic heterocycles. The van der Waals surface area contributed by atoms with Gasteiger partial charge in [0.25, 0.3) is 22.3 Å². The van der Waals surface area contributed by atoms with E-state index in [1.165, 1.54) is 0 Å². The van der Waals surface area contributed by atoms with Crippen LogP contribution in [0.3, 0.4) is 0 Å². The van der Waals surface area contributed by atoms with Gasteiger partial charge in [0.15, 0.2) is 0 Å². The Hall–Kier alpha value is -3.50. The Morgan fingerprint density at radius 2 is 1.00 bits per heavy atom. The number of ether oxygens (including phenoxy) is 2. The van der Waals surface area contributed by atoms with Crippen molar-refractivity contribution >= 4 is 58.0 Å². The van der Waals surface area contributed by atoms with E-state index in [0.717, 1.165) is 46.1 Å². The van der Waals surface area contributed by atoms with E-state index in [0.29, 0.717) is 23.0 Å². The first-order chi connectivity index (χ1) is 16.4. The largest absolute Gasteiger partial charge is 0.494 e. The average molecular weight is 499 g/mol. The van der Waals surface area contributed by atoms with Gasteiger partial charge in [-0.05, 0) is 84.9 Å². The molecule has 4 amide bonds. The van der Waals surface area contributed by atoms with Crippen LogP contribution in [-0.4, -0.2) is 35.5 Å². The molecule has 2 heterocycles. The first kappa shape index (κ1) is 25.1. The van der Waals surface area contributed by atoms with Gasteiger partial charge in [0.1, 0.15) is 11.5 Å². The summed E-state index contributed by atoms with van der Waals surface area (Å²) in [5.74, 6) is 0.895. The van der Waals surface area contributed by atoms with Crippen LogP contribution in [0.15, 0.2) is 58.3 Å². The highest BCUT2D eigenvalue weighted by atomic mass is 32.2. The first-order valence-electron chi connectivity index (χ1n) is 10.3. The molecule has 34 heavy (non-hydrogen) atoms. The summed E-state index contributed by atoms with van der Waals surface area (Å²) in [5, 5.41) is 3.77. The van der Waals surface area contributed by atoms with Crippen molar-refractivity contribution in [3.05, 3.63) is 69.5 Å². The van der Waals surface area contributed by atoms with Crippen LogP contribution in [-0.2, 0) is 9.59 Å². The van der Waals surface area contributed by atoms with Gasteiger partial charge in [-0.25, -0.2) is 0 Å². The minimum absolute atomic E-state index is 0.327. The van der Waals surface area contributed by atoms with E-state index in [1.807, 2.05) is 62.4 Å². The number of hydrogen-bond acceptors (Lipinski definition) is 8. The van der Waals surface area contributed by atoms with Crippen molar-refractivity contribution in [3.63, 3.8) is 0 Å². The molecule has 2 N–H and O–H groups in total. The van der Waals surface area contributed by atoms with Crippen LogP contribution in [0.5, 0.6) is 11.5 Å². The van der Waals surface area contributed by atoms with E-state index in [4.69, 9.17) is 9.47 Å². The lowest BCUT2D eigenvalue weighted by molar-refractivity contribution is -0.116. The van der Waals surface area contributed by atoms with Crippen LogP contribution >= 0.6 is 23.5 Å². The number of carbonyl (C=O) groups excluding carboxylic acids is 4. The van der Waals surface area contributed by atoms with Gasteiger partial charge < -0.3 is 9.47 Å². The normalized spacial score (nSPS) is 17.4. The fraction of sp³-hybridized carbons (Fsp3) is 0.167. The van der Waals surface area contributed by atoms with Crippen molar-refractivity contribution in [1.29, 1.82) is 0 Å². The van der Waals surface area contributed by atoms with Gasteiger partial charge >= 0.3 is 0 Å². The SMILES string of the molecule is CCOc1ccc(C=C2SC(=O)NC2=O)cc1.CCOc1ccc(C=C2SC(=O)NC2=O)cc1. The lowest BCUT2D eigenvalue weighted by atomic mass is 10.2. The summed E-state index contributed by atoms with van der Waals surface area (Å²) in [6.07, 6.45) is 3.36. The van der Waals surface area contributed by atoms with E-state index in [-0.39, 0.29) is 22.3 Å². The van der Waals surface area contributed by atoms with Gasteiger partial charge in [-0.15, -0.1) is 0 Å². The van der Waals surface area contributed by atoms with Gasteiger partial charge in [0.05, 0.1) is 23.0 Å². The average Bonchev–Trinajstić information content (AvgIpc) is 3.30. The highest BCUT2D eigenvalue weighted by molar-refractivity contribution is 8.18. The molecule has 176 valence electrons. The van der Waals surface area contributed by atoms with Crippen molar-refractivity contribution in [2.75, 3.05) is 13.2 Å². The molecular formula is C24H22N2O6S2. The van der Waals surface area contributed by atoms with Crippen LogP contribution < -0.4 is 20.1 Å². The van der Waals surface area contributed by atoms with Crippen LogP contribution in [0, 0.1) is 0 Å². The minimum Gasteiger partial charge on any atom is -0.494 e. The lowest BCUT2D eigenvalue weighted by Crippen LogP contribution is -2.17. The zero-order chi connectivity index (χ0) is 24.5. The third kappa shape index (κ3) is 7.26. The Morgan fingerprint density at radius 3 is 1.26 bits per heavy atom. The molecule has 2 aromatic rings. The summed E-state index contributed by atoms with van der Waals surface area (Å²) < 4.78 is 10.6. The number of amides is 4. The van der Waals surface area contributed by atoms with E-state index >= 15 is 0 Å². The van der Waals surface area contributed by atoms with Gasteiger partial charge in [0, 0.05) is 0 Å². The quantitative estimate of drug-likeness (QED) is 0.546. The van der Waals surface area contributed by atoms with Gasteiger partial charge in [-0.3, -0.25) is 29.8 Å². The third-order valence-corrected chi connectivity index (χ3v) is 5.88. The van der Waals surface area contributed by atoms with E-state index < -0.39 is 0 Å². The second-order valence-corrected chi connectivity index (χ2v) is 8.74. The molecule has 0 unspecified atom stereocenters. The molecule has 2 aliphatic heterocycles. The number of rotatable bonds is 6. The number of benzene rings is 2. The number of hydrogen-bond donors (Lipinski definition) is 2. The minimum atomic E-state index is -0.339. The smallest absolute Gasteiger partial charge is 0.290 e. The molecule has 2 saturated heterocycles. The molecule has 0 spiro atoms. The van der Waals surface area contributed by atoms with Crippen molar-refractivity contribution in [3.8, 4) is 11.5 Å². The second-order valence-electron chi connectivity index (χ2n) is 6.71. The molecular weight excluding hydrogens is 476 g/mol. The van der Waals surface area contributed by atoms with E-state index in [2.05, 4.69) is 10.6 Å². The zero-order valence-electron chi connectivity index (χ0n) is 18.5. The van der Waals surface area contributed by atoms with Crippen molar-refractivity contribution in [2.24, 2.45) is 0 Å². The van der Waals surface area contributed by atoms with Crippen molar-refractivity contribution in [2.45, 2.75) is 13.8 Å². The van der Waals surface area contributed by atoms with Gasteiger partial charge in [-0.1, -0.05) is 24.3 Å². The first-order valence-corrected chi connectivity index (χ1v) is 12.0. The fourth-order valence-corrected chi connectivity index (χ4v) is 4.16. The Balaban J connectivity index is 0.000000191. The predicted octanol–water partition coefficient (Wildman–Crippen LogP) is 4.82. The standard InChI is InChI=1S/2C12H11NO3S/c2*1-2-16-9-5-3-8(4-6-9)7-10-11(14)13-12(15)17-10/h2*3-7H,2H2,1H3,(H,13,14,15). The third-order valence-electron chi connectivity index (χ3n) is 4.26. The predicted molar refractivity (Wildman–Crippen MR) is 133 cm³/mol. The van der Waals surface area contributed by atoms with Gasteiger partial charge in [0.2, 0.25) is 0 Å². The van der Waals surface area contributed by atoms with Crippen molar-refractivity contribution in [1.82, 2.24) is 10.6 Å². The summed E-state index contributed by atoms with van der Waals surface area (Å²) in [7, 11) is 0. The highest BCUT2D eigenvalue weighted by Gasteiger charge is 2.25. The molecule has 2 aliphatic rings. The summed E-state index contributed by atoms with van der Waals surface area (Å²) in [6, 6.07) is 14.7. The van der Waals surface area contributed by atoms with E-state index in [9.17, 15) is 19.2 Å². The monoisotopic (exact) mass is 498 g/mol. The molecule has 10 heteroatoms. The van der Waals surface area contributed by atoms with Crippen LogP contribution in [0.4, 0.5) is 9.59 Å². The molecule has 0 bridgehead atoms. The fourth-order valence-electron chi connectivity index (χ4n) is 2.80. The van der Waals surface area contributed by atoms with Crippen molar-refractivity contribution < 1.29 is 28.7 Å². The maximum atomic E-state index is 11.3. The molecule has 0 atom stereocenters. The van der Waals surface area contributed by atoms with Gasteiger partial charge in [-0.2, -0.15) is 0 Å². The lowest BCUT2D eigenvalue weighted by Gasteiger charge is -2.02. The summed E-state index contributed by atoms with van der Waals surface area (Å²) in [5.41, 5.74) is 1.72. The number of nitrogens with one attached hydrogen (secondary N) is 2. The molecule has 0 radical (unpaired) electrons. The molecule has 2 fully saturated rings. The number of imide groups is 2. The molecule has 0 saturated carbocycles. The number of carbonyl (C=O) groups is 4. The summed E-state index contributed by atoms with van der Waals surface area (Å²) in [4.78, 5) is 45.4. The number of thioether (sulfide) groups is 2. The Morgan fingerprint density at radius 1 is 0.647 bits per heavy atom. The summed E-state index contributed by atoms with van der Waals surface area (Å²) in [6.45, 7) is 5.07. The summed E-state index contributed by atoms with van der Waals surface area (Å²) >= 11 is 1.83. The zero-order valence-corrected chi connectivity index (χ0v) is 20.1. The second kappa shape index (κ2) is 12.1. The Kier molecular flexibility index (Phi) is 8.94. The topological polar surface area (TPSA) is 111 Å². The van der Waals surface area contributed by atoms with E-state index in [1.54, 1.807) is 12.2 Å². The maximum Gasteiger partial charge on any atom is 0.290 e. The van der Waals surface area contributed by atoms with Crippen LogP contribution in [0.1, 0.15) is 25.0 Å². The molecule has 8 nitrogen and oxygen atoms in total. The molecule has 2 aromatic carbocycles. The Bertz CT molecular complexity index is 1050. The molecule has 0 aliphatic carbocycles. The molecule has 4 rings (SSSR count). The Labute approximate surface area is 205 Å². The van der Waals surface area contributed by atoms with Crippen LogP contribution in [0.25, 0.3) is 12.2 Å². The van der Waals surface area contributed by atoms with Crippen LogP contribution in [0.2, 0.25) is 0 Å².